The topological polar surface area (TPSA) is 51.2 Å². The fourth-order valence-electron chi connectivity index (χ4n) is 11.2. The van der Waals surface area contributed by atoms with Crippen LogP contribution in [0.15, 0.2) is 54.1 Å². The van der Waals surface area contributed by atoms with Gasteiger partial charge in [0.05, 0.1) is 0 Å². The molecule has 0 N–H and O–H groups in total. The minimum atomic E-state index is -0.169. The van der Waals surface area contributed by atoms with Gasteiger partial charge in [-0.2, -0.15) is 0 Å². The zero-order valence-electron chi connectivity index (χ0n) is 28.6. The molecule has 244 valence electrons. The van der Waals surface area contributed by atoms with Crippen LogP contribution in [-0.2, 0) is 0 Å². The van der Waals surface area contributed by atoms with Gasteiger partial charge >= 0.3 is 0 Å². The first-order valence-electron chi connectivity index (χ1n) is 18.2. The number of carbonyl (C=O) groups excluding carboxylic acids is 3. The fourth-order valence-corrected chi connectivity index (χ4v) is 12.3. The monoisotopic (exact) mass is 636 g/mol. The zero-order chi connectivity index (χ0) is 32.4. The molecule has 0 spiro atoms. The molecule has 3 nitrogen and oxygen atoms in total. The molecule has 0 bridgehead atoms. The molecule has 0 heterocycles. The highest BCUT2D eigenvalue weighted by atomic mass is 32.2. The maximum atomic E-state index is 13.6. The summed E-state index contributed by atoms with van der Waals surface area (Å²) < 4.78 is 0. The molecule has 8 atom stereocenters. The van der Waals surface area contributed by atoms with Gasteiger partial charge in [0.25, 0.3) is 0 Å². The van der Waals surface area contributed by atoms with Gasteiger partial charge in [0.2, 0.25) is 5.12 Å². The average molecular weight is 637 g/mol. The lowest BCUT2D eigenvalue weighted by atomic mass is 9.47. The molecule has 2 aromatic rings. The van der Waals surface area contributed by atoms with Crippen molar-refractivity contribution in [1.82, 2.24) is 0 Å². The van der Waals surface area contributed by atoms with Crippen molar-refractivity contribution in [2.24, 2.45) is 46.3 Å². The lowest BCUT2D eigenvalue weighted by Gasteiger charge is -2.58. The normalized spacial score (nSPS) is 33.8. The highest BCUT2D eigenvalue weighted by molar-refractivity contribution is 8.14. The molecule has 7 rings (SSSR count). The molecule has 0 saturated heterocycles. The summed E-state index contributed by atoms with van der Waals surface area (Å²) in [5, 5.41) is 0.270. The number of carbonyl (C=O) groups is 3. The van der Waals surface area contributed by atoms with Gasteiger partial charge in [0, 0.05) is 33.1 Å². The summed E-state index contributed by atoms with van der Waals surface area (Å²) in [6, 6.07) is 12.1. The number of allylic oxidation sites excluding steroid dienone is 2. The van der Waals surface area contributed by atoms with Gasteiger partial charge in [-0.15, -0.1) is 0 Å². The van der Waals surface area contributed by atoms with E-state index in [0.717, 1.165) is 54.8 Å². The smallest absolute Gasteiger partial charge is 0.219 e. The molecule has 46 heavy (non-hydrogen) atoms. The van der Waals surface area contributed by atoms with Crippen LogP contribution in [0.4, 0.5) is 0 Å². The first-order chi connectivity index (χ1) is 22.0. The Morgan fingerprint density at radius 1 is 0.848 bits per heavy atom. The standard InChI is InChI=1S/C42H52O3S/c1-25(2)9-8-10-26(3)35-17-18-36-33-16-14-28-24-29(19-21-41(28,4)37(33)20-22-42(35,36)5)46-40(45)27-13-15-32-34(23-27)39(44)31-12-7-6-11-30(31)38(32)43/h6-7,11-15,23,25-26,29,33,35-37H,8-10,16-22,24H2,1-5H3/t26-,29+,33+,35-,36+,37+,41+,42-/m1/s1. The highest BCUT2D eigenvalue weighted by Crippen LogP contribution is 2.67. The van der Waals surface area contributed by atoms with Crippen LogP contribution in [0.5, 0.6) is 0 Å². The van der Waals surface area contributed by atoms with Crippen LogP contribution >= 0.6 is 11.8 Å². The van der Waals surface area contributed by atoms with Gasteiger partial charge in [0.15, 0.2) is 11.6 Å². The Kier molecular flexibility index (Phi) is 8.52. The molecule has 0 aromatic heterocycles. The first-order valence-corrected chi connectivity index (χ1v) is 19.1. The van der Waals surface area contributed by atoms with Gasteiger partial charge in [-0.1, -0.05) is 102 Å². The van der Waals surface area contributed by atoms with Crippen LogP contribution in [-0.4, -0.2) is 21.9 Å². The summed E-state index contributed by atoms with van der Waals surface area (Å²) in [6.07, 6.45) is 16.8. The molecule has 5 aliphatic carbocycles. The van der Waals surface area contributed by atoms with Crippen molar-refractivity contribution < 1.29 is 14.4 Å². The predicted molar refractivity (Wildman–Crippen MR) is 189 cm³/mol. The summed E-state index contributed by atoms with van der Waals surface area (Å²) in [7, 11) is 0. The van der Waals surface area contributed by atoms with E-state index in [4.69, 9.17) is 0 Å². The number of benzene rings is 2. The highest BCUT2D eigenvalue weighted by Gasteiger charge is 2.59. The van der Waals surface area contributed by atoms with E-state index in [0.29, 0.717) is 33.2 Å². The molecule has 3 fully saturated rings. The number of rotatable bonds is 7. The zero-order valence-corrected chi connectivity index (χ0v) is 29.4. The molecular weight excluding hydrogens is 585 g/mol. The Hall–Kier alpha value is -2.46. The van der Waals surface area contributed by atoms with Crippen LogP contribution in [0.1, 0.15) is 147 Å². The van der Waals surface area contributed by atoms with Gasteiger partial charge in [-0.3, -0.25) is 14.4 Å². The quantitative estimate of drug-likeness (QED) is 0.242. The molecule has 0 aliphatic heterocycles. The van der Waals surface area contributed by atoms with Gasteiger partial charge < -0.3 is 0 Å². The number of fused-ring (bicyclic) bond motifs is 7. The van der Waals surface area contributed by atoms with E-state index in [9.17, 15) is 14.4 Å². The molecule has 3 saturated carbocycles. The second-order valence-corrected chi connectivity index (χ2v) is 17.8. The second-order valence-electron chi connectivity index (χ2n) is 16.5. The van der Waals surface area contributed by atoms with Crippen LogP contribution in [0.2, 0.25) is 0 Å². The minimum Gasteiger partial charge on any atom is -0.289 e. The van der Waals surface area contributed by atoms with Crippen molar-refractivity contribution in [3.05, 3.63) is 81.9 Å². The largest absolute Gasteiger partial charge is 0.289 e. The van der Waals surface area contributed by atoms with Gasteiger partial charge in [0.1, 0.15) is 0 Å². The molecule has 5 aliphatic rings. The Morgan fingerprint density at radius 2 is 1.57 bits per heavy atom. The van der Waals surface area contributed by atoms with E-state index in [-0.39, 0.29) is 27.3 Å². The predicted octanol–water partition coefficient (Wildman–Crippen LogP) is 10.7. The Balaban J connectivity index is 1.02. The maximum absolute atomic E-state index is 13.6. The summed E-state index contributed by atoms with van der Waals surface area (Å²) in [4.78, 5) is 39.9. The van der Waals surface area contributed by atoms with Gasteiger partial charge in [-0.25, -0.2) is 0 Å². The lowest BCUT2D eigenvalue weighted by molar-refractivity contribution is -0.0497. The van der Waals surface area contributed by atoms with Crippen molar-refractivity contribution >= 4 is 28.4 Å². The van der Waals surface area contributed by atoms with E-state index >= 15 is 0 Å². The van der Waals surface area contributed by atoms with E-state index in [2.05, 4.69) is 40.7 Å². The van der Waals surface area contributed by atoms with E-state index in [1.54, 1.807) is 48.0 Å². The average Bonchev–Trinajstić information content (AvgIpc) is 3.40. The summed E-state index contributed by atoms with van der Waals surface area (Å²) in [5.74, 6) is 4.67. The Labute approximate surface area is 280 Å². The van der Waals surface area contributed by atoms with Gasteiger partial charge in [-0.05, 0) is 116 Å². The number of hydrogen-bond acceptors (Lipinski definition) is 4. The molecule has 4 heteroatoms. The molecule has 0 radical (unpaired) electrons. The molecular formula is C42H52O3S. The van der Waals surface area contributed by atoms with Crippen LogP contribution < -0.4 is 0 Å². The summed E-state index contributed by atoms with van der Waals surface area (Å²) in [5.41, 5.74) is 4.53. The van der Waals surface area contributed by atoms with Crippen molar-refractivity contribution in [2.45, 2.75) is 110 Å². The van der Waals surface area contributed by atoms with Crippen LogP contribution in [0.25, 0.3) is 0 Å². The summed E-state index contributed by atoms with van der Waals surface area (Å²) in [6.45, 7) is 12.5. The van der Waals surface area contributed by atoms with E-state index in [1.165, 1.54) is 63.1 Å². The maximum Gasteiger partial charge on any atom is 0.219 e. The van der Waals surface area contributed by atoms with E-state index < -0.39 is 0 Å². The molecule has 2 aromatic carbocycles. The van der Waals surface area contributed by atoms with Crippen molar-refractivity contribution in [1.29, 1.82) is 0 Å². The van der Waals surface area contributed by atoms with E-state index in [1.807, 2.05) is 0 Å². The third-order valence-electron chi connectivity index (χ3n) is 13.7. The lowest BCUT2D eigenvalue weighted by Crippen LogP contribution is -2.50. The number of hydrogen-bond donors (Lipinski definition) is 0. The number of ketones is 2. The SMILES string of the molecule is CC(C)CCC[C@@H](C)[C@H]1CC[C@H]2[C@@H]3CC=C4C[C@@H](SC(=O)c5ccc6c(c5)C(=O)c5ccccc5C6=O)CC[C@]4(C)[C@H]3CC[C@]12C. The third kappa shape index (κ3) is 5.30. The number of thioether (sulfide) groups is 1. The van der Waals surface area contributed by atoms with Crippen molar-refractivity contribution in [3.63, 3.8) is 0 Å². The second kappa shape index (κ2) is 12.2. The minimum absolute atomic E-state index is 0.0118. The fraction of sp³-hybridized carbons (Fsp3) is 0.595. The molecule has 0 amide bonds. The van der Waals surface area contributed by atoms with Crippen molar-refractivity contribution in [2.75, 3.05) is 0 Å². The first kappa shape index (κ1) is 32.1. The van der Waals surface area contributed by atoms with Crippen LogP contribution in [0, 0.1) is 46.3 Å². The third-order valence-corrected chi connectivity index (χ3v) is 14.9. The summed E-state index contributed by atoms with van der Waals surface area (Å²) >= 11 is 1.45. The van der Waals surface area contributed by atoms with Crippen molar-refractivity contribution in [3.8, 4) is 0 Å². The Bertz CT molecular complexity index is 1580. The Morgan fingerprint density at radius 3 is 2.30 bits per heavy atom. The molecule has 0 unspecified atom stereocenters. The van der Waals surface area contributed by atoms with Crippen LogP contribution in [0.3, 0.4) is 0 Å².